The third-order valence-electron chi connectivity index (χ3n) is 5.58. The predicted octanol–water partition coefficient (Wildman–Crippen LogP) is 7.65. The molecule has 1 atom stereocenters. The maximum atomic E-state index is 11.6. The summed E-state index contributed by atoms with van der Waals surface area (Å²) in [6.45, 7) is 4.72. The van der Waals surface area contributed by atoms with Crippen molar-refractivity contribution >= 4 is 11.7 Å². The van der Waals surface area contributed by atoms with E-state index in [1.165, 1.54) is 43.2 Å². The van der Waals surface area contributed by atoms with E-state index in [9.17, 15) is 4.79 Å². The van der Waals surface area contributed by atoms with Gasteiger partial charge in [-0.05, 0) is 66.0 Å². The number of carbonyl (C=O) groups excluding carboxylic acids is 1. The minimum Gasteiger partial charge on any atom is -0.434 e. The molecule has 3 rings (SSSR count). The number of benzene rings is 2. The number of carbonyl (C=O) groups is 1. The highest BCUT2D eigenvalue weighted by atomic mass is 16.7. The molecule has 0 N–H and O–H groups in total. The monoisotopic (exact) mass is 392 g/mol. The fraction of sp³-hybridized carbons (Fsp3) is 0.423. The molecular formula is C26H32O3. The van der Waals surface area contributed by atoms with Crippen LogP contribution in [0.2, 0.25) is 0 Å². The highest BCUT2D eigenvalue weighted by molar-refractivity contribution is 5.71. The first kappa shape index (κ1) is 21.2. The molecule has 154 valence electrons. The zero-order valence-corrected chi connectivity index (χ0v) is 17.7. The van der Waals surface area contributed by atoms with Crippen LogP contribution in [0, 0.1) is 5.92 Å². The van der Waals surface area contributed by atoms with Gasteiger partial charge in [-0.25, -0.2) is 4.79 Å². The zero-order valence-electron chi connectivity index (χ0n) is 17.7. The Hall–Kier alpha value is -2.55. The van der Waals surface area contributed by atoms with Gasteiger partial charge in [-0.1, -0.05) is 75.6 Å². The lowest BCUT2D eigenvalue weighted by Crippen LogP contribution is -2.11. The quantitative estimate of drug-likeness (QED) is 0.263. The molecule has 0 saturated carbocycles. The average molecular weight is 393 g/mol. The summed E-state index contributed by atoms with van der Waals surface area (Å²) in [5.41, 5.74) is 5.07. The fourth-order valence-electron chi connectivity index (χ4n) is 3.84. The number of rotatable bonds is 8. The summed E-state index contributed by atoms with van der Waals surface area (Å²) in [4.78, 5) is 11.6. The maximum absolute atomic E-state index is 11.6. The maximum Gasteiger partial charge on any atom is 0.513 e. The summed E-state index contributed by atoms with van der Waals surface area (Å²) in [5, 5.41) is 0. The molecule has 2 aromatic carbocycles. The summed E-state index contributed by atoms with van der Waals surface area (Å²) in [7, 11) is 0. The Morgan fingerprint density at radius 3 is 2.17 bits per heavy atom. The summed E-state index contributed by atoms with van der Waals surface area (Å²) >= 11 is 0. The Bertz CT molecular complexity index is 803. The molecule has 0 bridgehead atoms. The smallest absolute Gasteiger partial charge is 0.434 e. The normalized spacial score (nSPS) is 16.2. The minimum absolute atomic E-state index is 0.398. The van der Waals surface area contributed by atoms with Crippen molar-refractivity contribution in [1.29, 1.82) is 0 Å². The first-order valence-electron chi connectivity index (χ1n) is 10.9. The molecular weight excluding hydrogens is 360 g/mol. The van der Waals surface area contributed by atoms with E-state index < -0.39 is 6.16 Å². The van der Waals surface area contributed by atoms with E-state index in [1.807, 2.05) is 24.3 Å². The van der Waals surface area contributed by atoms with Crippen LogP contribution in [-0.2, 0) is 4.74 Å². The number of hydrogen-bond acceptors (Lipinski definition) is 3. The number of ether oxygens (including phenoxy) is 2. The molecule has 0 heterocycles. The molecule has 0 radical (unpaired) electrons. The van der Waals surface area contributed by atoms with Crippen molar-refractivity contribution < 1.29 is 14.3 Å². The number of hydrogen-bond donors (Lipinski definition) is 0. The third-order valence-corrected chi connectivity index (χ3v) is 5.58. The van der Waals surface area contributed by atoms with Crippen LogP contribution in [0.25, 0.3) is 16.7 Å². The van der Waals surface area contributed by atoms with Crippen LogP contribution in [0.5, 0.6) is 5.75 Å². The first-order chi connectivity index (χ1) is 14.2. The van der Waals surface area contributed by atoms with Crippen LogP contribution in [0.3, 0.4) is 0 Å². The van der Waals surface area contributed by atoms with Gasteiger partial charge in [0, 0.05) is 0 Å². The Labute approximate surface area is 174 Å². The Morgan fingerprint density at radius 2 is 1.59 bits per heavy atom. The molecule has 3 heteroatoms. The summed E-state index contributed by atoms with van der Waals surface area (Å²) in [5.74, 6) is 1.37. The molecule has 1 unspecified atom stereocenters. The molecule has 0 aliphatic heterocycles. The van der Waals surface area contributed by atoms with Gasteiger partial charge in [0.2, 0.25) is 0 Å². The Morgan fingerprint density at radius 1 is 0.931 bits per heavy atom. The summed E-state index contributed by atoms with van der Waals surface area (Å²) in [6.07, 6.45) is 9.96. The van der Waals surface area contributed by atoms with E-state index in [4.69, 9.17) is 9.47 Å². The van der Waals surface area contributed by atoms with Gasteiger partial charge in [-0.15, -0.1) is 0 Å². The molecule has 0 aromatic heterocycles. The summed E-state index contributed by atoms with van der Waals surface area (Å²) < 4.78 is 10.2. The van der Waals surface area contributed by atoms with Crippen molar-refractivity contribution in [3.8, 4) is 16.9 Å². The lowest BCUT2D eigenvalue weighted by Gasteiger charge is -2.21. The molecule has 1 aliphatic rings. The van der Waals surface area contributed by atoms with Crippen molar-refractivity contribution in [3.05, 3.63) is 60.2 Å². The molecule has 29 heavy (non-hydrogen) atoms. The predicted molar refractivity (Wildman–Crippen MR) is 119 cm³/mol. The first-order valence-corrected chi connectivity index (χ1v) is 10.9. The largest absolute Gasteiger partial charge is 0.513 e. The van der Waals surface area contributed by atoms with E-state index in [0.29, 0.717) is 12.4 Å². The third kappa shape index (κ3) is 6.22. The van der Waals surface area contributed by atoms with Gasteiger partial charge in [0.05, 0.1) is 6.61 Å². The highest BCUT2D eigenvalue weighted by Gasteiger charge is 2.14. The molecule has 0 saturated heterocycles. The van der Waals surface area contributed by atoms with Crippen molar-refractivity contribution in [2.75, 3.05) is 6.61 Å². The standard InChI is InChI=1S/C26H32O3/c1-3-5-19-28-26(27)29-25-17-15-24(16-18-25)23-13-11-22(12-14-23)21-9-7-20(6-4-2)8-10-21/h9,11-18,20H,3-8,10,19H2,1-2H3. The van der Waals surface area contributed by atoms with Crippen LogP contribution in [0.4, 0.5) is 4.79 Å². The van der Waals surface area contributed by atoms with Gasteiger partial charge >= 0.3 is 6.16 Å². The van der Waals surface area contributed by atoms with E-state index >= 15 is 0 Å². The molecule has 2 aromatic rings. The van der Waals surface area contributed by atoms with Crippen molar-refractivity contribution in [2.24, 2.45) is 5.92 Å². The fourth-order valence-corrected chi connectivity index (χ4v) is 3.84. The second kappa shape index (κ2) is 10.8. The second-order valence-corrected chi connectivity index (χ2v) is 7.81. The minimum atomic E-state index is -0.641. The van der Waals surface area contributed by atoms with E-state index in [2.05, 4.69) is 44.2 Å². The lowest BCUT2D eigenvalue weighted by atomic mass is 9.84. The van der Waals surface area contributed by atoms with Gasteiger partial charge in [0.1, 0.15) is 5.75 Å². The molecule has 0 fully saturated rings. The van der Waals surface area contributed by atoms with Gasteiger partial charge < -0.3 is 9.47 Å². The van der Waals surface area contributed by atoms with Crippen LogP contribution in [-0.4, -0.2) is 12.8 Å². The highest BCUT2D eigenvalue weighted by Crippen LogP contribution is 2.33. The van der Waals surface area contributed by atoms with Crippen LogP contribution in [0.15, 0.2) is 54.6 Å². The Balaban J connectivity index is 1.58. The van der Waals surface area contributed by atoms with Crippen LogP contribution < -0.4 is 4.74 Å². The molecule has 0 amide bonds. The molecule has 0 spiro atoms. The van der Waals surface area contributed by atoms with E-state index in [-0.39, 0.29) is 0 Å². The van der Waals surface area contributed by atoms with Gasteiger partial charge in [0.15, 0.2) is 0 Å². The number of unbranched alkanes of at least 4 members (excludes halogenated alkanes) is 1. The molecule has 3 nitrogen and oxygen atoms in total. The van der Waals surface area contributed by atoms with Crippen LogP contribution >= 0.6 is 0 Å². The molecule has 1 aliphatic carbocycles. The topological polar surface area (TPSA) is 35.5 Å². The number of allylic oxidation sites excluding steroid dienone is 2. The average Bonchev–Trinajstić information content (AvgIpc) is 2.75. The van der Waals surface area contributed by atoms with E-state index in [0.717, 1.165) is 29.9 Å². The van der Waals surface area contributed by atoms with Gasteiger partial charge in [0.25, 0.3) is 0 Å². The van der Waals surface area contributed by atoms with Gasteiger partial charge in [-0.2, -0.15) is 0 Å². The van der Waals surface area contributed by atoms with Crippen molar-refractivity contribution in [2.45, 2.75) is 58.8 Å². The van der Waals surface area contributed by atoms with Crippen LogP contribution in [0.1, 0.15) is 64.4 Å². The van der Waals surface area contributed by atoms with Crippen molar-refractivity contribution in [1.82, 2.24) is 0 Å². The summed E-state index contributed by atoms with van der Waals surface area (Å²) in [6, 6.07) is 16.3. The van der Waals surface area contributed by atoms with Crippen molar-refractivity contribution in [3.63, 3.8) is 0 Å². The lowest BCUT2D eigenvalue weighted by molar-refractivity contribution is 0.0978. The Kier molecular flexibility index (Phi) is 7.92. The second-order valence-electron chi connectivity index (χ2n) is 7.81. The SMILES string of the molecule is CCCCOC(=O)Oc1ccc(-c2ccc(C3=CCC(CCC)CC3)cc2)cc1. The van der Waals surface area contributed by atoms with E-state index in [1.54, 1.807) is 0 Å². The van der Waals surface area contributed by atoms with Gasteiger partial charge in [-0.3, -0.25) is 0 Å². The zero-order chi connectivity index (χ0) is 20.5.